The van der Waals surface area contributed by atoms with Gasteiger partial charge in [0, 0.05) is 0 Å². The van der Waals surface area contributed by atoms with Gasteiger partial charge in [-0.2, -0.15) is 0 Å². The number of ether oxygens (including phenoxy) is 1. The Morgan fingerprint density at radius 2 is 1.92 bits per heavy atom. The molecule has 25 heavy (non-hydrogen) atoms. The van der Waals surface area contributed by atoms with Gasteiger partial charge in [0.25, 0.3) is 0 Å². The Morgan fingerprint density at radius 3 is 2.56 bits per heavy atom. The molecular formula is C21H29NO2S. The average Bonchev–Trinajstić information content (AvgIpc) is 3.17. The van der Waals surface area contributed by atoms with Crippen molar-refractivity contribution in [2.45, 2.75) is 52.5 Å². The van der Waals surface area contributed by atoms with Gasteiger partial charge in [0.15, 0.2) is 0 Å². The summed E-state index contributed by atoms with van der Waals surface area (Å²) in [5.41, 5.74) is 1.10. The second-order valence-electron chi connectivity index (χ2n) is 6.37. The number of carbonyl (C=O) groups excluding carboxylic acids is 1. The molecule has 1 atom stereocenters. The molecular weight excluding hydrogens is 330 g/mol. The molecule has 0 saturated heterocycles. The van der Waals surface area contributed by atoms with E-state index in [-0.39, 0.29) is 6.09 Å². The van der Waals surface area contributed by atoms with Crippen LogP contribution in [0.5, 0.6) is 0 Å². The fraction of sp³-hybridized carbons (Fsp3) is 0.476. The first-order chi connectivity index (χ1) is 12.2. The molecule has 0 aliphatic heterocycles. The molecule has 0 N–H and O–H groups in total. The fourth-order valence-corrected chi connectivity index (χ4v) is 3.50. The van der Waals surface area contributed by atoms with E-state index in [0.717, 1.165) is 23.4 Å². The summed E-state index contributed by atoms with van der Waals surface area (Å²) in [4.78, 5) is 14.4. The van der Waals surface area contributed by atoms with Crippen molar-refractivity contribution in [3.63, 3.8) is 0 Å². The number of rotatable bonds is 10. The summed E-state index contributed by atoms with van der Waals surface area (Å²) in [7, 11) is 0. The molecule has 1 heterocycles. The van der Waals surface area contributed by atoms with Gasteiger partial charge in [0.2, 0.25) is 0 Å². The Morgan fingerprint density at radius 1 is 1.12 bits per heavy atom. The van der Waals surface area contributed by atoms with Crippen LogP contribution in [0.4, 0.5) is 9.80 Å². The van der Waals surface area contributed by atoms with Crippen LogP contribution in [0, 0.1) is 5.92 Å². The van der Waals surface area contributed by atoms with Crippen molar-refractivity contribution in [1.29, 1.82) is 0 Å². The molecule has 0 radical (unpaired) electrons. The molecule has 136 valence electrons. The molecule has 0 fully saturated rings. The van der Waals surface area contributed by atoms with Crippen LogP contribution in [-0.4, -0.2) is 12.7 Å². The summed E-state index contributed by atoms with van der Waals surface area (Å²) in [6, 6.07) is 14.0. The van der Waals surface area contributed by atoms with Crippen molar-refractivity contribution in [2.24, 2.45) is 5.92 Å². The van der Waals surface area contributed by atoms with E-state index in [0.29, 0.717) is 19.1 Å². The third-order valence-electron chi connectivity index (χ3n) is 4.41. The highest BCUT2D eigenvalue weighted by molar-refractivity contribution is 7.14. The van der Waals surface area contributed by atoms with Crippen LogP contribution < -0.4 is 4.90 Å². The molecule has 1 amide bonds. The van der Waals surface area contributed by atoms with Gasteiger partial charge in [-0.15, -0.1) is 11.3 Å². The van der Waals surface area contributed by atoms with Crippen LogP contribution in [0.2, 0.25) is 0 Å². The summed E-state index contributed by atoms with van der Waals surface area (Å²) in [6.07, 6.45) is 5.62. The molecule has 1 unspecified atom stereocenters. The molecule has 0 aliphatic carbocycles. The summed E-state index contributed by atoms with van der Waals surface area (Å²) in [6.45, 7) is 5.43. The monoisotopic (exact) mass is 359 g/mol. The minimum absolute atomic E-state index is 0.250. The summed E-state index contributed by atoms with van der Waals surface area (Å²) in [5.74, 6) is 0.456. The second kappa shape index (κ2) is 10.9. The van der Waals surface area contributed by atoms with E-state index in [1.807, 2.05) is 47.8 Å². The van der Waals surface area contributed by atoms with Crippen molar-refractivity contribution in [1.82, 2.24) is 0 Å². The number of benzene rings is 1. The Balaban J connectivity index is 1.96. The maximum Gasteiger partial charge on any atom is 0.415 e. The summed E-state index contributed by atoms with van der Waals surface area (Å²) >= 11 is 1.56. The van der Waals surface area contributed by atoms with E-state index < -0.39 is 0 Å². The molecule has 3 nitrogen and oxygen atoms in total. The van der Waals surface area contributed by atoms with Crippen molar-refractivity contribution >= 4 is 22.4 Å². The lowest BCUT2D eigenvalue weighted by molar-refractivity contribution is 0.129. The zero-order valence-corrected chi connectivity index (χ0v) is 16.1. The molecule has 0 spiro atoms. The average molecular weight is 360 g/mol. The van der Waals surface area contributed by atoms with Gasteiger partial charge in [-0.1, -0.05) is 69.9 Å². The van der Waals surface area contributed by atoms with E-state index in [4.69, 9.17) is 4.74 Å². The van der Waals surface area contributed by atoms with Gasteiger partial charge in [-0.05, 0) is 35.4 Å². The number of unbranched alkanes of at least 4 members (excludes halogenated alkanes) is 2. The normalized spacial score (nSPS) is 11.9. The number of thiophene rings is 1. The van der Waals surface area contributed by atoms with Crippen LogP contribution in [0.25, 0.3) is 0 Å². The highest BCUT2D eigenvalue weighted by atomic mass is 32.1. The SMILES string of the molecule is CCCCCC(CC)COC(=O)N(Cc1ccccc1)c1cccs1. The predicted octanol–water partition coefficient (Wildman–Crippen LogP) is 6.50. The third kappa shape index (κ3) is 6.54. The van der Waals surface area contributed by atoms with Gasteiger partial charge < -0.3 is 4.74 Å². The highest BCUT2D eigenvalue weighted by Crippen LogP contribution is 2.25. The molecule has 0 saturated carbocycles. The number of amides is 1. The lowest BCUT2D eigenvalue weighted by Crippen LogP contribution is -2.31. The number of nitrogens with zero attached hydrogens (tertiary/aromatic N) is 1. The zero-order valence-electron chi connectivity index (χ0n) is 15.3. The smallest absolute Gasteiger partial charge is 0.415 e. The molecule has 1 aromatic heterocycles. The summed E-state index contributed by atoms with van der Waals surface area (Å²) in [5, 5.41) is 2.91. The molecule has 1 aromatic carbocycles. The predicted molar refractivity (Wildman–Crippen MR) is 106 cm³/mol. The Labute approximate surface area is 155 Å². The number of hydrogen-bond donors (Lipinski definition) is 0. The van der Waals surface area contributed by atoms with Crippen LogP contribution in [0.15, 0.2) is 47.8 Å². The number of carbonyl (C=O) groups is 1. The van der Waals surface area contributed by atoms with E-state index >= 15 is 0 Å². The number of anilines is 1. The first kappa shape index (κ1) is 19.5. The van der Waals surface area contributed by atoms with Gasteiger partial charge in [0.05, 0.1) is 13.2 Å². The summed E-state index contributed by atoms with van der Waals surface area (Å²) < 4.78 is 5.68. The maximum atomic E-state index is 12.7. The van der Waals surface area contributed by atoms with Crippen molar-refractivity contribution < 1.29 is 9.53 Å². The van der Waals surface area contributed by atoms with Gasteiger partial charge in [-0.25, -0.2) is 4.79 Å². The van der Waals surface area contributed by atoms with Gasteiger partial charge >= 0.3 is 6.09 Å². The minimum Gasteiger partial charge on any atom is -0.449 e. The van der Waals surface area contributed by atoms with Gasteiger partial charge in [-0.3, -0.25) is 4.90 Å². The quantitative estimate of drug-likeness (QED) is 0.453. The molecule has 0 aliphatic rings. The Kier molecular flexibility index (Phi) is 8.53. The second-order valence-corrected chi connectivity index (χ2v) is 7.30. The van der Waals surface area contributed by atoms with Crippen LogP contribution in [-0.2, 0) is 11.3 Å². The van der Waals surface area contributed by atoms with Crippen LogP contribution in [0.1, 0.15) is 51.5 Å². The first-order valence-electron chi connectivity index (χ1n) is 9.26. The first-order valence-corrected chi connectivity index (χ1v) is 10.1. The lowest BCUT2D eigenvalue weighted by Gasteiger charge is -2.22. The highest BCUT2D eigenvalue weighted by Gasteiger charge is 2.20. The maximum absolute atomic E-state index is 12.7. The lowest BCUT2D eigenvalue weighted by atomic mass is 10.00. The van der Waals surface area contributed by atoms with E-state index in [9.17, 15) is 4.79 Å². The van der Waals surface area contributed by atoms with Gasteiger partial charge in [0.1, 0.15) is 5.00 Å². The van der Waals surface area contributed by atoms with E-state index in [1.165, 1.54) is 19.3 Å². The van der Waals surface area contributed by atoms with Crippen molar-refractivity contribution in [3.8, 4) is 0 Å². The Hall–Kier alpha value is -1.81. The third-order valence-corrected chi connectivity index (χ3v) is 5.30. The zero-order chi connectivity index (χ0) is 17.9. The fourth-order valence-electron chi connectivity index (χ4n) is 2.78. The van der Waals surface area contributed by atoms with Crippen LogP contribution in [0.3, 0.4) is 0 Å². The molecule has 2 aromatic rings. The van der Waals surface area contributed by atoms with Crippen molar-refractivity contribution in [2.75, 3.05) is 11.5 Å². The topological polar surface area (TPSA) is 29.5 Å². The minimum atomic E-state index is -0.250. The largest absolute Gasteiger partial charge is 0.449 e. The van der Waals surface area contributed by atoms with E-state index in [1.54, 1.807) is 16.2 Å². The van der Waals surface area contributed by atoms with Crippen LogP contribution >= 0.6 is 11.3 Å². The molecule has 4 heteroatoms. The standard InChI is InChI=1S/C21H29NO2S/c1-3-5-7-11-18(4-2)17-24-21(23)22(20-14-10-15-25-20)16-19-12-8-6-9-13-19/h6,8-10,12-15,18H,3-5,7,11,16-17H2,1-2H3. The molecule has 2 rings (SSSR count). The Bertz CT molecular complexity index is 598. The van der Waals surface area contributed by atoms with Crippen molar-refractivity contribution in [3.05, 3.63) is 53.4 Å². The molecule has 0 bridgehead atoms. The number of hydrogen-bond acceptors (Lipinski definition) is 3. The van der Waals surface area contributed by atoms with E-state index in [2.05, 4.69) is 13.8 Å².